The highest BCUT2D eigenvalue weighted by Gasteiger charge is 2.04. The van der Waals surface area contributed by atoms with Crippen molar-refractivity contribution in [1.29, 1.82) is 0 Å². The number of carbonyl (C=O) groups excluding carboxylic acids is 1. The molecule has 0 spiro atoms. The fraction of sp³-hybridized carbons (Fsp3) is 0. The third-order valence-electron chi connectivity index (χ3n) is 1.04. The molecule has 0 aliphatic carbocycles. The fourth-order valence-corrected chi connectivity index (χ4v) is 1.62. The van der Waals surface area contributed by atoms with Crippen molar-refractivity contribution in [1.82, 2.24) is 4.98 Å². The lowest BCUT2D eigenvalue weighted by molar-refractivity contribution is 0.112. The third-order valence-corrected chi connectivity index (χ3v) is 2.80. The topological polar surface area (TPSA) is 30.0 Å². The Bertz CT molecular complexity index is 303. The summed E-state index contributed by atoms with van der Waals surface area (Å²) in [7, 11) is 0. The summed E-state index contributed by atoms with van der Waals surface area (Å²) < 4.78 is 1.01. The van der Waals surface area contributed by atoms with Gasteiger partial charge in [0.25, 0.3) is 0 Å². The van der Waals surface area contributed by atoms with E-state index in [0.717, 1.165) is 0 Å². The van der Waals surface area contributed by atoms with Crippen molar-refractivity contribution in [3.63, 3.8) is 0 Å². The molecular weight excluding hydrogens is 297 g/mol. The van der Waals surface area contributed by atoms with Gasteiger partial charge in [-0.3, -0.25) is 4.79 Å². The molecule has 0 bridgehead atoms. The van der Waals surface area contributed by atoms with Gasteiger partial charge in [0.15, 0.2) is 6.29 Å². The van der Waals surface area contributed by atoms with Crippen molar-refractivity contribution >= 4 is 49.7 Å². The smallest absolute Gasteiger partial charge is 0.152 e. The first-order valence-corrected chi connectivity index (χ1v) is 4.58. The number of pyridine rings is 1. The highest BCUT2D eigenvalue weighted by atomic mass is 79.9. The minimum absolute atomic E-state index is 0.426. The SMILES string of the molecule is O=Cc1cc(Cl)c(Br)nc1Br. The van der Waals surface area contributed by atoms with Crippen molar-refractivity contribution in [2.75, 3.05) is 0 Å². The molecule has 0 radical (unpaired) electrons. The zero-order chi connectivity index (χ0) is 8.43. The molecule has 2 nitrogen and oxygen atoms in total. The average molecular weight is 299 g/mol. The summed E-state index contributed by atoms with van der Waals surface area (Å²) in [6.07, 6.45) is 0.690. The van der Waals surface area contributed by atoms with Crippen molar-refractivity contribution < 1.29 is 4.79 Å². The van der Waals surface area contributed by atoms with Gasteiger partial charge < -0.3 is 0 Å². The Morgan fingerprint density at radius 1 is 1.45 bits per heavy atom. The summed E-state index contributed by atoms with van der Waals surface area (Å²) >= 11 is 11.9. The van der Waals surface area contributed by atoms with E-state index in [1.54, 1.807) is 0 Å². The van der Waals surface area contributed by atoms with E-state index < -0.39 is 0 Å². The molecule has 11 heavy (non-hydrogen) atoms. The maximum Gasteiger partial charge on any atom is 0.152 e. The van der Waals surface area contributed by atoms with Crippen molar-refractivity contribution in [3.8, 4) is 0 Å². The van der Waals surface area contributed by atoms with E-state index in [2.05, 4.69) is 36.8 Å². The molecule has 1 rings (SSSR count). The van der Waals surface area contributed by atoms with Crippen molar-refractivity contribution in [2.45, 2.75) is 0 Å². The number of rotatable bonds is 1. The third kappa shape index (κ3) is 2.01. The highest BCUT2D eigenvalue weighted by molar-refractivity contribution is 9.11. The van der Waals surface area contributed by atoms with Crippen LogP contribution >= 0.6 is 43.5 Å². The summed E-state index contributed by atoms with van der Waals surface area (Å²) in [5.74, 6) is 0. The van der Waals surface area contributed by atoms with Crippen LogP contribution in [0.5, 0.6) is 0 Å². The molecule has 1 aromatic heterocycles. The van der Waals surface area contributed by atoms with Crippen LogP contribution in [-0.2, 0) is 0 Å². The lowest BCUT2D eigenvalue weighted by atomic mass is 10.3. The van der Waals surface area contributed by atoms with Crippen LogP contribution in [0.1, 0.15) is 10.4 Å². The van der Waals surface area contributed by atoms with E-state index in [1.165, 1.54) is 6.07 Å². The number of aldehydes is 1. The predicted octanol–water partition coefficient (Wildman–Crippen LogP) is 3.07. The van der Waals surface area contributed by atoms with Gasteiger partial charge in [0.1, 0.15) is 9.21 Å². The Morgan fingerprint density at radius 3 is 2.64 bits per heavy atom. The monoisotopic (exact) mass is 297 g/mol. The molecular formula is C6H2Br2ClNO. The van der Waals surface area contributed by atoms with Gasteiger partial charge in [-0.05, 0) is 37.9 Å². The quantitative estimate of drug-likeness (QED) is 0.589. The predicted molar refractivity (Wildman–Crippen MR) is 50.0 cm³/mol. The standard InChI is InChI=1S/C6H2Br2ClNO/c7-5-3(2-11)1-4(9)6(8)10-5/h1-2H. The van der Waals surface area contributed by atoms with Gasteiger partial charge in [-0.1, -0.05) is 11.6 Å². The summed E-state index contributed by atoms with van der Waals surface area (Å²) in [6.45, 7) is 0. The Hall–Kier alpha value is 0.0700. The van der Waals surface area contributed by atoms with E-state index in [0.29, 0.717) is 26.1 Å². The molecule has 0 aliphatic rings. The number of hydrogen-bond acceptors (Lipinski definition) is 2. The Morgan fingerprint density at radius 2 is 2.09 bits per heavy atom. The molecule has 0 aromatic carbocycles. The molecule has 0 saturated heterocycles. The first-order valence-electron chi connectivity index (χ1n) is 2.62. The van der Waals surface area contributed by atoms with Crippen molar-refractivity contribution in [2.24, 2.45) is 0 Å². The van der Waals surface area contributed by atoms with Crippen LogP contribution in [0.25, 0.3) is 0 Å². The molecule has 1 heterocycles. The number of halogens is 3. The molecule has 0 N–H and O–H groups in total. The first kappa shape index (κ1) is 9.16. The van der Waals surface area contributed by atoms with Crippen LogP contribution in [0.3, 0.4) is 0 Å². The molecule has 0 aliphatic heterocycles. The van der Waals surface area contributed by atoms with Crippen LogP contribution in [0.4, 0.5) is 0 Å². The molecule has 0 unspecified atom stereocenters. The molecule has 58 valence electrons. The second-order valence-electron chi connectivity index (χ2n) is 1.76. The Balaban J connectivity index is 3.31. The molecule has 1 aromatic rings. The van der Waals surface area contributed by atoms with E-state index in [-0.39, 0.29) is 0 Å². The number of hydrogen-bond donors (Lipinski definition) is 0. The maximum absolute atomic E-state index is 10.3. The Labute approximate surface area is 85.2 Å². The highest BCUT2D eigenvalue weighted by Crippen LogP contribution is 2.24. The summed E-state index contributed by atoms with van der Waals surface area (Å²) in [6, 6.07) is 1.54. The minimum Gasteiger partial charge on any atom is -0.298 e. The first-order chi connectivity index (χ1) is 5.15. The van der Waals surface area contributed by atoms with Gasteiger partial charge in [-0.2, -0.15) is 0 Å². The lowest BCUT2D eigenvalue weighted by Gasteiger charge is -1.97. The summed E-state index contributed by atoms with van der Waals surface area (Å²) in [4.78, 5) is 14.3. The van der Waals surface area contributed by atoms with E-state index in [9.17, 15) is 4.79 Å². The molecule has 5 heteroatoms. The van der Waals surface area contributed by atoms with Crippen LogP contribution in [0.2, 0.25) is 5.02 Å². The van der Waals surface area contributed by atoms with Gasteiger partial charge in [-0.25, -0.2) is 4.98 Å². The summed E-state index contributed by atoms with van der Waals surface area (Å²) in [5, 5.41) is 0.426. The fourth-order valence-electron chi connectivity index (χ4n) is 0.542. The zero-order valence-corrected chi connectivity index (χ0v) is 9.07. The van der Waals surface area contributed by atoms with E-state index in [4.69, 9.17) is 11.6 Å². The average Bonchev–Trinajstić information content (AvgIpc) is 1.97. The summed E-state index contributed by atoms with van der Waals surface area (Å²) in [5.41, 5.74) is 0.443. The van der Waals surface area contributed by atoms with E-state index in [1.807, 2.05) is 0 Å². The molecule has 0 atom stereocenters. The largest absolute Gasteiger partial charge is 0.298 e. The van der Waals surface area contributed by atoms with Gasteiger partial charge in [-0.15, -0.1) is 0 Å². The number of carbonyl (C=O) groups is 1. The molecule has 0 amide bonds. The van der Waals surface area contributed by atoms with Crippen LogP contribution in [-0.4, -0.2) is 11.3 Å². The zero-order valence-electron chi connectivity index (χ0n) is 5.14. The van der Waals surface area contributed by atoms with E-state index >= 15 is 0 Å². The Kier molecular flexibility index (Phi) is 3.04. The van der Waals surface area contributed by atoms with Crippen LogP contribution in [0, 0.1) is 0 Å². The number of aromatic nitrogens is 1. The lowest BCUT2D eigenvalue weighted by Crippen LogP contribution is -1.87. The molecule has 0 fully saturated rings. The number of nitrogens with zero attached hydrogens (tertiary/aromatic N) is 1. The van der Waals surface area contributed by atoms with Gasteiger partial charge in [0.05, 0.1) is 5.02 Å². The minimum atomic E-state index is 0.426. The molecule has 0 saturated carbocycles. The maximum atomic E-state index is 10.3. The van der Waals surface area contributed by atoms with Gasteiger partial charge in [0, 0.05) is 5.56 Å². The normalized spacial score (nSPS) is 9.73. The van der Waals surface area contributed by atoms with Gasteiger partial charge in [0.2, 0.25) is 0 Å². The van der Waals surface area contributed by atoms with Crippen molar-refractivity contribution in [3.05, 3.63) is 25.9 Å². The van der Waals surface area contributed by atoms with Crippen LogP contribution in [0.15, 0.2) is 15.3 Å². The second kappa shape index (κ2) is 3.65. The second-order valence-corrected chi connectivity index (χ2v) is 3.67. The van der Waals surface area contributed by atoms with Gasteiger partial charge >= 0.3 is 0 Å². The van der Waals surface area contributed by atoms with Crippen LogP contribution < -0.4 is 0 Å².